The third-order valence-corrected chi connectivity index (χ3v) is 5.65. The molecule has 1 aliphatic rings. The molecule has 6 rings (SSSR count). The fourth-order valence-electron chi connectivity index (χ4n) is 3.86. The number of rotatable bonds is 5. The summed E-state index contributed by atoms with van der Waals surface area (Å²) in [4.78, 5) is 21.9. The molecule has 0 bridgehead atoms. The largest absolute Gasteiger partial charge is 0.462 e. The van der Waals surface area contributed by atoms with E-state index in [1.54, 1.807) is 23.2 Å². The summed E-state index contributed by atoms with van der Waals surface area (Å²) in [5.41, 5.74) is 3.89. The molecule has 0 amide bonds. The Kier molecular flexibility index (Phi) is 5.10. The van der Waals surface area contributed by atoms with Crippen LogP contribution < -0.4 is 15.4 Å². The van der Waals surface area contributed by atoms with E-state index in [1.807, 2.05) is 57.2 Å². The summed E-state index contributed by atoms with van der Waals surface area (Å²) >= 11 is 0. The highest BCUT2D eigenvalue weighted by Gasteiger charge is 2.26. The number of aliphatic imine (C=N–C) groups is 1. The van der Waals surface area contributed by atoms with Gasteiger partial charge in [0.25, 0.3) is 6.02 Å². The number of anilines is 3. The van der Waals surface area contributed by atoms with Crippen LogP contribution in [0.1, 0.15) is 19.4 Å². The molecule has 3 aromatic heterocycles. The maximum atomic E-state index is 5.98. The molecule has 11 nitrogen and oxygen atoms in total. The van der Waals surface area contributed by atoms with Crippen molar-refractivity contribution in [1.29, 1.82) is 0 Å². The van der Waals surface area contributed by atoms with Gasteiger partial charge >= 0.3 is 0 Å². The Morgan fingerprint density at radius 1 is 0.944 bits per heavy atom. The predicted molar refractivity (Wildman–Crippen MR) is 136 cm³/mol. The highest BCUT2D eigenvalue weighted by Crippen LogP contribution is 2.30. The molecule has 0 radical (unpaired) electrons. The first-order valence-electron chi connectivity index (χ1n) is 11.4. The number of hydrogen-bond acceptors (Lipinski definition) is 10. The van der Waals surface area contributed by atoms with Crippen molar-refractivity contribution >= 4 is 39.8 Å². The van der Waals surface area contributed by atoms with E-state index in [4.69, 9.17) is 9.47 Å². The summed E-state index contributed by atoms with van der Waals surface area (Å²) in [6.45, 7) is 6.58. The Balaban J connectivity index is 1.23. The lowest BCUT2D eigenvalue weighted by Crippen LogP contribution is -2.17. The monoisotopic (exact) mass is 481 g/mol. The van der Waals surface area contributed by atoms with Crippen LogP contribution in [0.2, 0.25) is 0 Å². The molecular weight excluding hydrogens is 458 g/mol. The molecule has 1 aliphatic heterocycles. The number of nitrogens with zero attached hydrogens (tertiary/aromatic N) is 7. The Labute approximate surface area is 206 Å². The van der Waals surface area contributed by atoms with Gasteiger partial charge in [-0.2, -0.15) is 5.10 Å². The first kappa shape index (κ1) is 21.7. The summed E-state index contributed by atoms with van der Waals surface area (Å²) < 4.78 is 13.2. The second-order valence-corrected chi connectivity index (χ2v) is 9.09. The molecule has 0 spiro atoms. The van der Waals surface area contributed by atoms with Gasteiger partial charge in [-0.1, -0.05) is 0 Å². The molecular formula is C25H23N9O2. The van der Waals surface area contributed by atoms with Crippen molar-refractivity contribution in [2.45, 2.75) is 26.3 Å². The number of aryl methyl sites for hydroxylation is 1. The molecule has 36 heavy (non-hydrogen) atoms. The second-order valence-electron chi connectivity index (χ2n) is 9.09. The number of nitrogens with one attached hydrogen (secondary N) is 2. The fourth-order valence-corrected chi connectivity index (χ4v) is 3.86. The van der Waals surface area contributed by atoms with Gasteiger partial charge in [-0.15, -0.1) is 0 Å². The van der Waals surface area contributed by atoms with Gasteiger partial charge in [-0.3, -0.25) is 0 Å². The Morgan fingerprint density at radius 2 is 1.81 bits per heavy atom. The highest BCUT2D eigenvalue weighted by molar-refractivity contribution is 5.97. The van der Waals surface area contributed by atoms with E-state index < -0.39 is 0 Å². The molecule has 2 aromatic carbocycles. The zero-order valence-electron chi connectivity index (χ0n) is 19.9. The number of amidine groups is 1. The predicted octanol–water partition coefficient (Wildman–Crippen LogP) is 4.49. The Morgan fingerprint density at radius 3 is 2.64 bits per heavy atom. The van der Waals surface area contributed by atoms with E-state index in [0.717, 1.165) is 27.8 Å². The zero-order valence-corrected chi connectivity index (χ0v) is 19.9. The first-order chi connectivity index (χ1) is 17.4. The van der Waals surface area contributed by atoms with E-state index in [1.165, 1.54) is 6.33 Å². The molecule has 0 saturated carbocycles. The zero-order chi connectivity index (χ0) is 24.7. The van der Waals surface area contributed by atoms with Gasteiger partial charge < -0.3 is 20.1 Å². The normalized spacial score (nSPS) is 14.5. The van der Waals surface area contributed by atoms with Crippen LogP contribution in [0, 0.1) is 6.92 Å². The van der Waals surface area contributed by atoms with Gasteiger partial charge in [0, 0.05) is 22.8 Å². The molecule has 180 valence electrons. The minimum Gasteiger partial charge on any atom is -0.462 e. The van der Waals surface area contributed by atoms with Crippen LogP contribution in [-0.2, 0) is 4.74 Å². The van der Waals surface area contributed by atoms with Crippen LogP contribution in [0.3, 0.4) is 0 Å². The van der Waals surface area contributed by atoms with E-state index in [0.29, 0.717) is 35.7 Å². The summed E-state index contributed by atoms with van der Waals surface area (Å²) in [5.74, 6) is 1.82. The van der Waals surface area contributed by atoms with Crippen molar-refractivity contribution in [1.82, 2.24) is 29.5 Å². The summed E-state index contributed by atoms with van der Waals surface area (Å²) in [5, 5.41) is 11.6. The lowest BCUT2D eigenvalue weighted by molar-refractivity contribution is 0.278. The van der Waals surface area contributed by atoms with Crippen molar-refractivity contribution in [3.8, 4) is 11.6 Å². The smallest absolute Gasteiger partial charge is 0.289 e. The van der Waals surface area contributed by atoms with E-state index in [2.05, 4.69) is 40.7 Å². The molecule has 0 unspecified atom stereocenters. The van der Waals surface area contributed by atoms with Crippen molar-refractivity contribution in [2.75, 3.05) is 17.2 Å². The SMILES string of the molecule is Cc1cc(Nc2ncnc3ccc(NC4=NC(C)(C)CO4)cc23)ccc1Oc1cc2ncnn2cn1. The second kappa shape index (κ2) is 8.45. The minimum absolute atomic E-state index is 0.234. The topological polar surface area (TPSA) is 124 Å². The van der Waals surface area contributed by atoms with Crippen molar-refractivity contribution in [2.24, 2.45) is 4.99 Å². The number of benzene rings is 2. The molecule has 4 heterocycles. The van der Waals surface area contributed by atoms with Gasteiger partial charge in [-0.05, 0) is 62.7 Å². The average molecular weight is 482 g/mol. The Bertz CT molecular complexity index is 1630. The van der Waals surface area contributed by atoms with Gasteiger partial charge in [0.15, 0.2) is 5.65 Å². The molecule has 0 saturated heterocycles. The lowest BCUT2D eigenvalue weighted by Gasteiger charge is -2.13. The van der Waals surface area contributed by atoms with Crippen LogP contribution in [0.15, 0.2) is 66.4 Å². The molecule has 0 atom stereocenters. The van der Waals surface area contributed by atoms with Crippen molar-refractivity contribution in [3.05, 3.63) is 67.0 Å². The van der Waals surface area contributed by atoms with Crippen molar-refractivity contribution < 1.29 is 9.47 Å². The summed E-state index contributed by atoms with van der Waals surface area (Å²) in [7, 11) is 0. The van der Waals surface area contributed by atoms with Crippen LogP contribution in [0.4, 0.5) is 17.2 Å². The van der Waals surface area contributed by atoms with E-state index in [9.17, 15) is 0 Å². The molecule has 0 aliphatic carbocycles. The highest BCUT2D eigenvalue weighted by atomic mass is 16.5. The third-order valence-electron chi connectivity index (χ3n) is 5.65. The van der Waals surface area contributed by atoms with Gasteiger partial charge in [0.2, 0.25) is 5.88 Å². The standard InChI is InChI=1S/C25H23N9O2/c1-15-8-16(5-7-20(15)36-22-10-21-27-13-30-34(21)14-29-22)31-23-18-9-17(4-6-19(18)26-12-28-23)32-24-33-25(2,3)11-35-24/h4-10,12-14H,11H2,1-3H3,(H,32,33)(H,26,28,31). The van der Waals surface area contributed by atoms with Gasteiger partial charge in [0.05, 0.1) is 11.1 Å². The van der Waals surface area contributed by atoms with E-state index in [-0.39, 0.29) is 5.54 Å². The van der Waals surface area contributed by atoms with Crippen LogP contribution in [-0.4, -0.2) is 47.7 Å². The minimum atomic E-state index is -0.234. The maximum absolute atomic E-state index is 5.98. The fraction of sp³-hybridized carbons (Fsp3) is 0.200. The van der Waals surface area contributed by atoms with Crippen LogP contribution in [0.25, 0.3) is 16.6 Å². The summed E-state index contributed by atoms with van der Waals surface area (Å²) in [6.07, 6.45) is 4.58. The molecule has 0 fully saturated rings. The third kappa shape index (κ3) is 4.33. The van der Waals surface area contributed by atoms with Gasteiger partial charge in [0.1, 0.15) is 37.2 Å². The molecule has 2 N–H and O–H groups in total. The number of ether oxygens (including phenoxy) is 2. The number of aromatic nitrogens is 6. The number of fused-ring (bicyclic) bond motifs is 2. The average Bonchev–Trinajstić information content (AvgIpc) is 3.46. The number of hydrogen-bond donors (Lipinski definition) is 2. The molecule has 5 aromatic rings. The summed E-state index contributed by atoms with van der Waals surface area (Å²) in [6, 6.07) is 13.9. The van der Waals surface area contributed by atoms with Crippen LogP contribution in [0.5, 0.6) is 11.6 Å². The van der Waals surface area contributed by atoms with Crippen molar-refractivity contribution in [3.63, 3.8) is 0 Å². The quantitative estimate of drug-likeness (QED) is 0.374. The first-order valence-corrected chi connectivity index (χ1v) is 11.4. The maximum Gasteiger partial charge on any atom is 0.289 e. The van der Waals surface area contributed by atoms with Gasteiger partial charge in [-0.25, -0.2) is 29.4 Å². The lowest BCUT2D eigenvalue weighted by atomic mass is 10.1. The Hall–Kier alpha value is -4.80. The molecule has 11 heteroatoms. The van der Waals surface area contributed by atoms with Crippen LogP contribution >= 0.6 is 0 Å². The van der Waals surface area contributed by atoms with E-state index >= 15 is 0 Å².